The average molecular weight is 302 g/mol. The molecule has 0 atom stereocenters. The number of imide groups is 1. The molecular weight excluding hydrogens is 280 g/mol. The molecular formula is C16H22N4O2. The number of piperazine rings is 1. The Kier molecular flexibility index (Phi) is 4.58. The zero-order chi connectivity index (χ0) is 15.4. The Morgan fingerprint density at radius 1 is 0.955 bits per heavy atom. The summed E-state index contributed by atoms with van der Waals surface area (Å²) in [4.78, 5) is 29.0. The summed E-state index contributed by atoms with van der Waals surface area (Å²) in [6.45, 7) is 5.68. The van der Waals surface area contributed by atoms with Crippen LogP contribution in [0.5, 0.6) is 0 Å². The Hall–Kier alpha value is -2.08. The molecule has 0 bridgehead atoms. The maximum absolute atomic E-state index is 11.5. The monoisotopic (exact) mass is 302 g/mol. The lowest BCUT2D eigenvalue weighted by molar-refractivity contribution is -0.125. The Morgan fingerprint density at radius 3 is 2.32 bits per heavy atom. The van der Waals surface area contributed by atoms with Gasteiger partial charge < -0.3 is 10.2 Å². The zero-order valence-electron chi connectivity index (χ0n) is 12.7. The van der Waals surface area contributed by atoms with E-state index in [1.54, 1.807) is 0 Å². The van der Waals surface area contributed by atoms with Gasteiger partial charge in [-0.1, -0.05) is 18.2 Å². The summed E-state index contributed by atoms with van der Waals surface area (Å²) in [5.74, 6) is -0.112. The molecule has 118 valence electrons. The van der Waals surface area contributed by atoms with Crippen LogP contribution in [0, 0.1) is 0 Å². The van der Waals surface area contributed by atoms with Crippen LogP contribution in [0.2, 0.25) is 0 Å². The standard InChI is InChI=1S/C16H22N4O2/c21-15-13-17-16(22)20(15)8-4-7-18-9-11-19(12-10-18)14-5-2-1-3-6-14/h1-3,5-6H,4,7-13H2,(H,17,22). The molecule has 6 heteroatoms. The van der Waals surface area contributed by atoms with Crippen LogP contribution >= 0.6 is 0 Å². The Bertz CT molecular complexity index is 510. The first-order valence-corrected chi connectivity index (χ1v) is 7.84. The topological polar surface area (TPSA) is 55.9 Å². The van der Waals surface area contributed by atoms with Crippen molar-refractivity contribution in [3.8, 4) is 0 Å². The van der Waals surface area contributed by atoms with Crippen LogP contribution in [0.4, 0.5) is 10.5 Å². The van der Waals surface area contributed by atoms with Crippen molar-refractivity contribution >= 4 is 17.6 Å². The fraction of sp³-hybridized carbons (Fsp3) is 0.500. The quantitative estimate of drug-likeness (QED) is 0.816. The summed E-state index contributed by atoms with van der Waals surface area (Å²) in [5.41, 5.74) is 1.28. The van der Waals surface area contributed by atoms with E-state index in [4.69, 9.17) is 0 Å². The highest BCUT2D eigenvalue weighted by Gasteiger charge is 2.27. The minimum absolute atomic E-state index is 0.112. The van der Waals surface area contributed by atoms with Crippen LogP contribution in [0.25, 0.3) is 0 Å². The van der Waals surface area contributed by atoms with Crippen LogP contribution in [0.1, 0.15) is 6.42 Å². The first-order valence-electron chi connectivity index (χ1n) is 7.84. The van der Waals surface area contributed by atoms with Crippen molar-refractivity contribution in [1.29, 1.82) is 0 Å². The molecule has 1 aromatic rings. The van der Waals surface area contributed by atoms with E-state index in [0.717, 1.165) is 39.1 Å². The van der Waals surface area contributed by atoms with Gasteiger partial charge in [-0.25, -0.2) is 4.79 Å². The first kappa shape index (κ1) is 14.8. The lowest BCUT2D eigenvalue weighted by Crippen LogP contribution is -2.47. The summed E-state index contributed by atoms with van der Waals surface area (Å²) < 4.78 is 0. The van der Waals surface area contributed by atoms with E-state index in [2.05, 4.69) is 39.4 Å². The molecule has 3 amide bonds. The van der Waals surface area contributed by atoms with Gasteiger partial charge in [-0.2, -0.15) is 0 Å². The van der Waals surface area contributed by atoms with Gasteiger partial charge in [-0.3, -0.25) is 14.6 Å². The van der Waals surface area contributed by atoms with Gasteiger partial charge in [0.05, 0.1) is 6.54 Å². The van der Waals surface area contributed by atoms with Crippen molar-refractivity contribution in [3.63, 3.8) is 0 Å². The van der Waals surface area contributed by atoms with E-state index >= 15 is 0 Å². The predicted molar refractivity (Wildman–Crippen MR) is 84.8 cm³/mol. The minimum Gasteiger partial charge on any atom is -0.369 e. The van der Waals surface area contributed by atoms with Crippen molar-refractivity contribution in [1.82, 2.24) is 15.1 Å². The Morgan fingerprint density at radius 2 is 1.68 bits per heavy atom. The van der Waals surface area contributed by atoms with Gasteiger partial charge >= 0.3 is 6.03 Å². The van der Waals surface area contributed by atoms with Crippen LogP contribution in [0.15, 0.2) is 30.3 Å². The number of hydrogen-bond acceptors (Lipinski definition) is 4. The molecule has 2 aliphatic rings. The molecule has 2 heterocycles. The fourth-order valence-electron chi connectivity index (χ4n) is 3.00. The molecule has 2 fully saturated rings. The molecule has 1 N–H and O–H groups in total. The molecule has 0 aliphatic carbocycles. The van der Waals surface area contributed by atoms with Crippen molar-refractivity contribution in [2.75, 3.05) is 50.7 Å². The van der Waals surface area contributed by atoms with E-state index in [1.165, 1.54) is 10.6 Å². The van der Waals surface area contributed by atoms with Gasteiger partial charge in [0.25, 0.3) is 0 Å². The third kappa shape index (κ3) is 3.39. The second-order valence-electron chi connectivity index (χ2n) is 5.72. The average Bonchev–Trinajstić information content (AvgIpc) is 2.88. The lowest BCUT2D eigenvalue weighted by atomic mass is 10.2. The minimum atomic E-state index is -0.251. The number of rotatable bonds is 5. The van der Waals surface area contributed by atoms with Crippen LogP contribution in [-0.2, 0) is 4.79 Å². The number of anilines is 1. The second kappa shape index (κ2) is 6.79. The van der Waals surface area contributed by atoms with Crippen LogP contribution in [0.3, 0.4) is 0 Å². The zero-order valence-corrected chi connectivity index (χ0v) is 12.7. The molecule has 0 radical (unpaired) electrons. The third-order valence-electron chi connectivity index (χ3n) is 4.29. The molecule has 2 aliphatic heterocycles. The molecule has 6 nitrogen and oxygen atoms in total. The van der Waals surface area contributed by atoms with E-state index in [0.29, 0.717) is 6.54 Å². The summed E-state index contributed by atoms with van der Waals surface area (Å²) in [6, 6.07) is 10.2. The van der Waals surface area contributed by atoms with Gasteiger partial charge in [0.2, 0.25) is 5.91 Å². The number of benzene rings is 1. The van der Waals surface area contributed by atoms with Crippen LogP contribution < -0.4 is 10.2 Å². The van der Waals surface area contributed by atoms with Crippen molar-refractivity contribution in [2.45, 2.75) is 6.42 Å². The number of nitrogens with zero attached hydrogens (tertiary/aromatic N) is 3. The van der Waals surface area contributed by atoms with Crippen molar-refractivity contribution in [2.24, 2.45) is 0 Å². The SMILES string of the molecule is O=C1CNC(=O)N1CCCN1CCN(c2ccccc2)CC1. The van der Waals surface area contributed by atoms with E-state index in [9.17, 15) is 9.59 Å². The third-order valence-corrected chi connectivity index (χ3v) is 4.29. The number of amides is 3. The molecule has 0 saturated carbocycles. The molecule has 1 aromatic carbocycles. The Balaban J connectivity index is 1.39. The fourth-order valence-corrected chi connectivity index (χ4v) is 3.00. The highest BCUT2D eigenvalue weighted by molar-refractivity contribution is 6.01. The van der Waals surface area contributed by atoms with Crippen LogP contribution in [-0.4, -0.2) is 67.6 Å². The summed E-state index contributed by atoms with van der Waals surface area (Å²) >= 11 is 0. The summed E-state index contributed by atoms with van der Waals surface area (Å²) in [6.07, 6.45) is 0.838. The van der Waals surface area contributed by atoms with E-state index in [1.807, 2.05) is 6.07 Å². The molecule has 0 unspecified atom stereocenters. The van der Waals surface area contributed by atoms with Gasteiger partial charge in [0, 0.05) is 38.4 Å². The number of nitrogens with one attached hydrogen (secondary N) is 1. The van der Waals surface area contributed by atoms with Gasteiger partial charge in [0.15, 0.2) is 0 Å². The van der Waals surface area contributed by atoms with Gasteiger partial charge in [0.1, 0.15) is 0 Å². The lowest BCUT2D eigenvalue weighted by Gasteiger charge is -2.36. The number of carbonyl (C=O) groups excluding carboxylic acids is 2. The highest BCUT2D eigenvalue weighted by Crippen LogP contribution is 2.15. The molecule has 3 rings (SSSR count). The number of urea groups is 1. The molecule has 2 saturated heterocycles. The van der Waals surface area contributed by atoms with E-state index < -0.39 is 0 Å². The highest BCUT2D eigenvalue weighted by atomic mass is 16.2. The molecule has 0 aromatic heterocycles. The normalized spacial score (nSPS) is 19.6. The first-order chi connectivity index (χ1) is 10.7. The molecule has 0 spiro atoms. The maximum Gasteiger partial charge on any atom is 0.324 e. The summed E-state index contributed by atoms with van der Waals surface area (Å²) in [5, 5.41) is 2.55. The Labute approximate surface area is 130 Å². The van der Waals surface area contributed by atoms with Gasteiger partial charge in [-0.15, -0.1) is 0 Å². The van der Waals surface area contributed by atoms with Crippen molar-refractivity contribution < 1.29 is 9.59 Å². The predicted octanol–water partition coefficient (Wildman–Crippen LogP) is 0.750. The van der Waals surface area contributed by atoms with E-state index in [-0.39, 0.29) is 18.5 Å². The number of para-hydroxylation sites is 1. The smallest absolute Gasteiger partial charge is 0.324 e. The number of carbonyl (C=O) groups is 2. The van der Waals surface area contributed by atoms with Crippen molar-refractivity contribution in [3.05, 3.63) is 30.3 Å². The second-order valence-corrected chi connectivity index (χ2v) is 5.72. The number of hydrogen-bond donors (Lipinski definition) is 1. The van der Waals surface area contributed by atoms with Gasteiger partial charge in [-0.05, 0) is 25.1 Å². The maximum atomic E-state index is 11.5. The molecule has 22 heavy (non-hydrogen) atoms. The largest absolute Gasteiger partial charge is 0.369 e. The summed E-state index contributed by atoms with van der Waals surface area (Å²) in [7, 11) is 0.